The number of fused-ring (bicyclic) bond motifs is 1. The van der Waals surface area contributed by atoms with Gasteiger partial charge in [-0.25, -0.2) is 4.52 Å². The van der Waals surface area contributed by atoms with Gasteiger partial charge in [-0.05, 0) is 12.1 Å². The van der Waals surface area contributed by atoms with Gasteiger partial charge >= 0.3 is 0 Å². The van der Waals surface area contributed by atoms with Gasteiger partial charge in [0.05, 0.1) is 5.69 Å². The molecule has 0 atom stereocenters. The number of halogens is 2. The third-order valence-electron chi connectivity index (χ3n) is 2.79. The summed E-state index contributed by atoms with van der Waals surface area (Å²) >= 11 is 12.9. The van der Waals surface area contributed by atoms with Gasteiger partial charge in [0.2, 0.25) is 16.8 Å². The maximum Gasteiger partial charge on any atom is 0.250 e. The second-order valence-corrected chi connectivity index (χ2v) is 5.90. The fourth-order valence-electron chi connectivity index (χ4n) is 1.83. The first-order valence-electron chi connectivity index (χ1n) is 6.13. The standard InChI is InChI=1S/C13H10Cl2N4OS/c14-6-5-11(20)16-12-17-13-19(18-12)10(7-21-13)8-1-3-9(15)4-2-8/h1-4,7H,5-6H2,(H,16,18,20). The minimum Gasteiger partial charge on any atom is -0.293 e. The van der Waals surface area contributed by atoms with Crippen molar-refractivity contribution in [3.63, 3.8) is 0 Å². The van der Waals surface area contributed by atoms with Crippen LogP contribution in [0.4, 0.5) is 5.95 Å². The number of hydrogen-bond donors (Lipinski definition) is 1. The predicted molar refractivity (Wildman–Crippen MR) is 85.3 cm³/mol. The van der Waals surface area contributed by atoms with Gasteiger partial charge in [-0.1, -0.05) is 23.7 Å². The van der Waals surface area contributed by atoms with Crippen molar-refractivity contribution < 1.29 is 4.79 Å². The zero-order chi connectivity index (χ0) is 14.8. The summed E-state index contributed by atoms with van der Waals surface area (Å²) in [6.45, 7) is 0. The summed E-state index contributed by atoms with van der Waals surface area (Å²) in [6, 6.07) is 7.47. The minimum absolute atomic E-state index is 0.198. The van der Waals surface area contributed by atoms with Crippen LogP contribution >= 0.6 is 34.5 Å². The first kappa shape index (κ1) is 14.3. The SMILES string of the molecule is O=C(CCCl)Nc1nc2scc(-c3ccc(Cl)cc3)n2n1. The maximum absolute atomic E-state index is 11.5. The first-order chi connectivity index (χ1) is 10.2. The molecule has 2 aromatic heterocycles. The van der Waals surface area contributed by atoms with Crippen molar-refractivity contribution in [1.29, 1.82) is 0 Å². The summed E-state index contributed by atoms with van der Waals surface area (Å²) in [6.07, 6.45) is 0.235. The van der Waals surface area contributed by atoms with Crippen molar-refractivity contribution >= 4 is 51.4 Å². The predicted octanol–water partition coefficient (Wildman–Crippen LogP) is 3.68. The Bertz CT molecular complexity index is 781. The molecule has 0 aliphatic heterocycles. The van der Waals surface area contributed by atoms with Crippen LogP contribution < -0.4 is 5.32 Å². The second kappa shape index (κ2) is 6.01. The van der Waals surface area contributed by atoms with Crippen LogP contribution in [0.1, 0.15) is 6.42 Å². The Kier molecular flexibility index (Phi) is 4.10. The van der Waals surface area contributed by atoms with E-state index in [1.54, 1.807) is 4.52 Å². The van der Waals surface area contributed by atoms with E-state index in [2.05, 4.69) is 15.4 Å². The van der Waals surface area contributed by atoms with E-state index in [0.29, 0.717) is 9.98 Å². The molecule has 1 N–H and O–H groups in total. The molecule has 2 heterocycles. The average molecular weight is 341 g/mol. The van der Waals surface area contributed by atoms with Crippen LogP contribution in [0.2, 0.25) is 5.02 Å². The number of carbonyl (C=O) groups excluding carboxylic acids is 1. The Balaban J connectivity index is 1.93. The molecule has 1 aromatic carbocycles. The van der Waals surface area contributed by atoms with E-state index in [1.165, 1.54) is 11.3 Å². The average Bonchev–Trinajstić information content (AvgIpc) is 3.00. The van der Waals surface area contributed by atoms with Crippen molar-refractivity contribution in [2.45, 2.75) is 6.42 Å². The number of carbonyl (C=O) groups is 1. The van der Waals surface area contributed by atoms with Gasteiger partial charge in [0.15, 0.2) is 0 Å². The largest absolute Gasteiger partial charge is 0.293 e. The van der Waals surface area contributed by atoms with Gasteiger partial charge in [-0.15, -0.1) is 28.0 Å². The smallest absolute Gasteiger partial charge is 0.250 e. The Hall–Kier alpha value is -1.63. The van der Waals surface area contributed by atoms with Crippen molar-refractivity contribution in [1.82, 2.24) is 14.6 Å². The van der Waals surface area contributed by atoms with Gasteiger partial charge in [-0.2, -0.15) is 4.98 Å². The zero-order valence-electron chi connectivity index (χ0n) is 10.7. The van der Waals surface area contributed by atoms with Gasteiger partial charge in [-0.3, -0.25) is 10.1 Å². The highest BCUT2D eigenvalue weighted by molar-refractivity contribution is 7.15. The first-order valence-corrected chi connectivity index (χ1v) is 7.92. The van der Waals surface area contributed by atoms with E-state index in [-0.39, 0.29) is 24.2 Å². The number of alkyl halides is 1. The van der Waals surface area contributed by atoms with Crippen molar-refractivity contribution in [3.05, 3.63) is 34.7 Å². The lowest BCUT2D eigenvalue weighted by molar-refractivity contribution is -0.115. The molecule has 0 unspecified atom stereocenters. The van der Waals surface area contributed by atoms with Gasteiger partial charge < -0.3 is 0 Å². The maximum atomic E-state index is 11.5. The highest BCUT2D eigenvalue weighted by atomic mass is 35.5. The summed E-state index contributed by atoms with van der Waals surface area (Å²) in [7, 11) is 0. The number of nitrogens with one attached hydrogen (secondary N) is 1. The molecule has 8 heteroatoms. The number of hydrogen-bond acceptors (Lipinski definition) is 4. The summed E-state index contributed by atoms with van der Waals surface area (Å²) in [5, 5.41) is 9.57. The summed E-state index contributed by atoms with van der Waals surface area (Å²) in [5.74, 6) is 0.354. The molecule has 0 saturated carbocycles. The van der Waals surface area contributed by atoms with E-state index in [0.717, 1.165) is 11.3 Å². The number of rotatable bonds is 4. The van der Waals surface area contributed by atoms with Gasteiger partial charge in [0.25, 0.3) is 0 Å². The Labute approximate surface area is 134 Å². The van der Waals surface area contributed by atoms with Gasteiger partial charge in [0, 0.05) is 28.3 Å². The van der Waals surface area contributed by atoms with Crippen LogP contribution in [0.5, 0.6) is 0 Å². The lowest BCUT2D eigenvalue weighted by Gasteiger charge is -1.99. The van der Waals surface area contributed by atoms with E-state index < -0.39 is 0 Å². The van der Waals surface area contributed by atoms with Crippen LogP contribution in [0.25, 0.3) is 16.2 Å². The van der Waals surface area contributed by atoms with Crippen LogP contribution in [-0.2, 0) is 4.79 Å². The number of thiazole rings is 1. The number of amides is 1. The van der Waals surface area contributed by atoms with Crippen molar-refractivity contribution in [2.75, 3.05) is 11.2 Å². The molecule has 0 bridgehead atoms. The molecule has 21 heavy (non-hydrogen) atoms. The van der Waals surface area contributed by atoms with E-state index in [4.69, 9.17) is 23.2 Å². The van der Waals surface area contributed by atoms with E-state index in [9.17, 15) is 4.79 Å². The number of benzene rings is 1. The fraction of sp³-hybridized carbons (Fsp3) is 0.154. The molecule has 108 valence electrons. The topological polar surface area (TPSA) is 59.3 Å². The third kappa shape index (κ3) is 3.02. The molecule has 0 radical (unpaired) electrons. The lowest BCUT2D eigenvalue weighted by atomic mass is 10.2. The molecule has 0 fully saturated rings. The Morgan fingerprint density at radius 3 is 2.81 bits per heavy atom. The summed E-state index contributed by atoms with van der Waals surface area (Å²) < 4.78 is 1.70. The summed E-state index contributed by atoms with van der Waals surface area (Å²) in [4.78, 5) is 16.5. The Morgan fingerprint density at radius 1 is 1.33 bits per heavy atom. The monoisotopic (exact) mass is 340 g/mol. The van der Waals surface area contributed by atoms with Gasteiger partial charge in [0.1, 0.15) is 0 Å². The zero-order valence-corrected chi connectivity index (χ0v) is 13.0. The number of anilines is 1. The number of aromatic nitrogens is 3. The third-order valence-corrected chi connectivity index (χ3v) is 4.05. The fourth-order valence-corrected chi connectivity index (χ4v) is 2.96. The highest BCUT2D eigenvalue weighted by Crippen LogP contribution is 2.26. The quantitative estimate of drug-likeness (QED) is 0.737. The van der Waals surface area contributed by atoms with Crippen molar-refractivity contribution in [2.24, 2.45) is 0 Å². The highest BCUT2D eigenvalue weighted by Gasteiger charge is 2.13. The van der Waals surface area contributed by atoms with Crippen LogP contribution in [0, 0.1) is 0 Å². The lowest BCUT2D eigenvalue weighted by Crippen LogP contribution is -2.12. The molecule has 0 aliphatic carbocycles. The molecule has 0 saturated heterocycles. The number of nitrogens with zero attached hydrogens (tertiary/aromatic N) is 3. The normalized spacial score (nSPS) is 11.0. The second-order valence-electron chi connectivity index (χ2n) is 4.24. The van der Waals surface area contributed by atoms with Crippen LogP contribution in [-0.4, -0.2) is 26.4 Å². The molecule has 1 amide bonds. The summed E-state index contributed by atoms with van der Waals surface area (Å²) in [5.41, 5.74) is 1.88. The molecule has 0 aliphatic rings. The Morgan fingerprint density at radius 2 is 2.10 bits per heavy atom. The van der Waals surface area contributed by atoms with E-state index >= 15 is 0 Å². The molecule has 3 rings (SSSR count). The van der Waals surface area contributed by atoms with E-state index in [1.807, 2.05) is 29.6 Å². The van der Waals surface area contributed by atoms with Crippen LogP contribution in [0.3, 0.4) is 0 Å². The molecule has 5 nitrogen and oxygen atoms in total. The molecule has 0 spiro atoms. The molecular weight excluding hydrogens is 331 g/mol. The van der Waals surface area contributed by atoms with Crippen LogP contribution in [0.15, 0.2) is 29.6 Å². The minimum atomic E-state index is -0.198. The van der Waals surface area contributed by atoms with Crippen molar-refractivity contribution in [3.8, 4) is 11.3 Å². The molecule has 3 aromatic rings. The molecular formula is C13H10Cl2N4OS.